The minimum atomic E-state index is -0.702. The van der Waals surface area contributed by atoms with Crippen molar-refractivity contribution in [3.05, 3.63) is 23.3 Å². The largest absolute Gasteiger partial charge is 0.378 e. The Kier molecular flexibility index (Phi) is 3.30. The number of aliphatic imine (C=N–C) groups is 1. The Hall–Kier alpha value is -1.67. The van der Waals surface area contributed by atoms with Crippen LogP contribution in [0.2, 0.25) is 0 Å². The van der Waals surface area contributed by atoms with E-state index in [2.05, 4.69) is 4.99 Å². The summed E-state index contributed by atoms with van der Waals surface area (Å²) in [6.07, 6.45) is 0. The molecule has 8 heteroatoms. The maximum Gasteiger partial charge on any atom is 0.261 e. The number of amides is 1. The van der Waals surface area contributed by atoms with Gasteiger partial charge in [-0.3, -0.25) is 14.7 Å². The molecule has 0 unspecified atom stereocenters. The average Bonchev–Trinajstić information content (AvgIpc) is 2.99. The summed E-state index contributed by atoms with van der Waals surface area (Å²) in [6.45, 7) is 2.69. The number of amidine groups is 1. The van der Waals surface area contributed by atoms with Gasteiger partial charge < -0.3 is 9.64 Å². The van der Waals surface area contributed by atoms with Crippen molar-refractivity contribution >= 4 is 28.5 Å². The molecule has 0 N–H and O–H groups in total. The van der Waals surface area contributed by atoms with Crippen LogP contribution in [-0.4, -0.2) is 55.4 Å². The number of anilines is 1. The SMILES string of the molecule is O=C1c2cc(F)c(N3CCOCC3)c(F)c2SC2=NCCN12. The fraction of sp³-hybridized carbons (Fsp3) is 0.429. The van der Waals surface area contributed by atoms with Crippen LogP contribution in [0.15, 0.2) is 16.0 Å². The standard InChI is InChI=1S/C14H13F2N3O2S/c15-9-7-8-12(22-14-17-1-2-19(14)13(8)20)10(16)11(9)18-3-5-21-6-4-18/h7H,1-6H2. The van der Waals surface area contributed by atoms with Gasteiger partial charge in [0.05, 0.1) is 30.2 Å². The molecule has 1 amide bonds. The molecule has 5 nitrogen and oxygen atoms in total. The Morgan fingerprint density at radius 2 is 2.00 bits per heavy atom. The summed E-state index contributed by atoms with van der Waals surface area (Å²) in [5.74, 6) is -1.76. The number of carbonyl (C=O) groups is 1. The van der Waals surface area contributed by atoms with Gasteiger partial charge in [0.15, 0.2) is 11.0 Å². The Morgan fingerprint density at radius 1 is 1.23 bits per heavy atom. The second kappa shape index (κ2) is 5.20. The Balaban J connectivity index is 1.82. The van der Waals surface area contributed by atoms with E-state index in [0.717, 1.165) is 17.8 Å². The lowest BCUT2D eigenvalue weighted by molar-refractivity contribution is 0.0853. The number of hydrogen-bond donors (Lipinski definition) is 0. The van der Waals surface area contributed by atoms with E-state index in [1.807, 2.05) is 0 Å². The number of fused-ring (bicyclic) bond motifs is 2. The van der Waals surface area contributed by atoms with Crippen molar-refractivity contribution in [2.24, 2.45) is 4.99 Å². The van der Waals surface area contributed by atoms with Gasteiger partial charge in [-0.25, -0.2) is 8.78 Å². The molecule has 0 saturated carbocycles. The van der Waals surface area contributed by atoms with Crippen molar-refractivity contribution in [2.45, 2.75) is 4.90 Å². The molecule has 4 rings (SSSR count). The molecule has 0 spiro atoms. The highest BCUT2D eigenvalue weighted by Crippen LogP contribution is 2.40. The van der Waals surface area contributed by atoms with Gasteiger partial charge in [-0.1, -0.05) is 0 Å². The Bertz CT molecular complexity index is 689. The van der Waals surface area contributed by atoms with E-state index in [9.17, 15) is 13.6 Å². The molecular weight excluding hydrogens is 312 g/mol. The quantitative estimate of drug-likeness (QED) is 0.789. The van der Waals surface area contributed by atoms with Crippen LogP contribution < -0.4 is 4.90 Å². The molecule has 0 radical (unpaired) electrons. The lowest BCUT2D eigenvalue weighted by atomic mass is 10.1. The molecule has 0 atom stereocenters. The highest BCUT2D eigenvalue weighted by atomic mass is 32.2. The van der Waals surface area contributed by atoms with E-state index in [-0.39, 0.29) is 22.1 Å². The summed E-state index contributed by atoms with van der Waals surface area (Å²) in [5, 5.41) is 0.496. The van der Waals surface area contributed by atoms with Gasteiger partial charge in [-0.15, -0.1) is 0 Å². The molecule has 1 fully saturated rings. The molecule has 3 aliphatic heterocycles. The van der Waals surface area contributed by atoms with Gasteiger partial charge >= 0.3 is 0 Å². The van der Waals surface area contributed by atoms with Gasteiger partial charge in [0, 0.05) is 19.6 Å². The van der Waals surface area contributed by atoms with Gasteiger partial charge in [-0.05, 0) is 17.8 Å². The summed E-state index contributed by atoms with van der Waals surface area (Å²) in [5.41, 5.74) is 0.00672. The monoisotopic (exact) mass is 325 g/mol. The van der Waals surface area contributed by atoms with Crippen molar-refractivity contribution in [3.63, 3.8) is 0 Å². The number of nitrogens with zero attached hydrogens (tertiary/aromatic N) is 3. The van der Waals surface area contributed by atoms with Crippen molar-refractivity contribution in [2.75, 3.05) is 44.3 Å². The van der Waals surface area contributed by atoms with Crippen molar-refractivity contribution in [1.29, 1.82) is 0 Å². The van der Waals surface area contributed by atoms with Crippen LogP contribution in [0.5, 0.6) is 0 Å². The van der Waals surface area contributed by atoms with E-state index in [1.165, 1.54) is 4.90 Å². The number of thioether (sulfide) groups is 1. The van der Waals surface area contributed by atoms with Crippen molar-refractivity contribution < 1.29 is 18.3 Å². The third-order valence-corrected chi connectivity index (χ3v) is 5.08. The molecule has 3 heterocycles. The first-order valence-corrected chi connectivity index (χ1v) is 7.87. The van der Waals surface area contributed by atoms with Crippen molar-refractivity contribution in [1.82, 2.24) is 4.90 Å². The Labute approximate surface area is 129 Å². The van der Waals surface area contributed by atoms with Gasteiger partial charge in [0.25, 0.3) is 5.91 Å². The zero-order valence-corrected chi connectivity index (χ0v) is 12.5. The van der Waals surface area contributed by atoms with Crippen LogP contribution in [-0.2, 0) is 4.74 Å². The Morgan fingerprint density at radius 3 is 2.77 bits per heavy atom. The maximum atomic E-state index is 14.9. The zero-order valence-electron chi connectivity index (χ0n) is 11.6. The predicted octanol–water partition coefficient (Wildman–Crippen LogP) is 1.72. The van der Waals surface area contributed by atoms with Crippen LogP contribution in [0.25, 0.3) is 0 Å². The van der Waals surface area contributed by atoms with Crippen LogP contribution in [0, 0.1) is 11.6 Å². The summed E-state index contributed by atoms with van der Waals surface area (Å²) in [4.78, 5) is 19.8. The number of carbonyl (C=O) groups excluding carboxylic acids is 1. The molecule has 0 aromatic heterocycles. The summed E-state index contributed by atoms with van der Waals surface area (Å²) < 4.78 is 34.5. The predicted molar refractivity (Wildman–Crippen MR) is 78.6 cm³/mol. The summed E-state index contributed by atoms with van der Waals surface area (Å²) in [7, 11) is 0. The molecule has 1 aromatic rings. The van der Waals surface area contributed by atoms with E-state index in [0.29, 0.717) is 44.6 Å². The van der Waals surface area contributed by atoms with Crippen LogP contribution in [0.3, 0.4) is 0 Å². The van der Waals surface area contributed by atoms with Crippen LogP contribution >= 0.6 is 11.8 Å². The number of ether oxygens (including phenoxy) is 1. The third-order valence-electron chi connectivity index (χ3n) is 3.95. The molecule has 22 heavy (non-hydrogen) atoms. The molecular formula is C14H13F2N3O2S. The first-order chi connectivity index (χ1) is 10.7. The van der Waals surface area contributed by atoms with Crippen LogP contribution in [0.1, 0.15) is 10.4 Å². The smallest absolute Gasteiger partial charge is 0.261 e. The number of halogens is 2. The molecule has 3 aliphatic rings. The highest BCUT2D eigenvalue weighted by molar-refractivity contribution is 8.14. The van der Waals surface area contributed by atoms with Gasteiger partial charge in [-0.2, -0.15) is 0 Å². The fourth-order valence-electron chi connectivity index (χ4n) is 2.87. The van der Waals surface area contributed by atoms with E-state index < -0.39 is 11.6 Å². The minimum absolute atomic E-state index is 0.0746. The number of morpholine rings is 1. The van der Waals surface area contributed by atoms with E-state index in [1.54, 1.807) is 4.90 Å². The lowest BCUT2D eigenvalue weighted by Gasteiger charge is -2.31. The van der Waals surface area contributed by atoms with Gasteiger partial charge in [0.1, 0.15) is 11.5 Å². The molecule has 0 bridgehead atoms. The first kappa shape index (κ1) is 14.0. The van der Waals surface area contributed by atoms with Gasteiger partial charge in [0.2, 0.25) is 0 Å². The molecule has 1 aromatic carbocycles. The molecule has 0 aliphatic carbocycles. The van der Waals surface area contributed by atoms with E-state index in [4.69, 9.17) is 4.74 Å². The summed E-state index contributed by atoms with van der Waals surface area (Å²) in [6, 6.07) is 1.15. The second-order valence-corrected chi connectivity index (χ2v) is 6.20. The fourth-order valence-corrected chi connectivity index (χ4v) is 3.93. The third kappa shape index (κ3) is 2.01. The minimum Gasteiger partial charge on any atom is -0.378 e. The molecule has 116 valence electrons. The molecule has 1 saturated heterocycles. The highest BCUT2D eigenvalue weighted by Gasteiger charge is 2.37. The lowest BCUT2D eigenvalue weighted by Crippen LogP contribution is -2.39. The number of hydrogen-bond acceptors (Lipinski definition) is 5. The maximum absolute atomic E-state index is 14.9. The first-order valence-electron chi connectivity index (χ1n) is 7.05. The number of rotatable bonds is 1. The summed E-state index contributed by atoms with van der Waals surface area (Å²) >= 11 is 1.10. The average molecular weight is 325 g/mol. The van der Waals surface area contributed by atoms with E-state index >= 15 is 0 Å². The topological polar surface area (TPSA) is 45.1 Å². The normalized spacial score (nSPS) is 20.8. The van der Waals surface area contributed by atoms with Crippen LogP contribution in [0.4, 0.5) is 14.5 Å². The van der Waals surface area contributed by atoms with Crippen molar-refractivity contribution in [3.8, 4) is 0 Å². The zero-order chi connectivity index (χ0) is 15.3. The second-order valence-electron chi connectivity index (χ2n) is 5.22. The number of benzene rings is 1.